The Labute approximate surface area is 123 Å². The molecular formula is C13H10ClF2NO4. The van der Waals surface area contributed by atoms with E-state index in [9.17, 15) is 13.6 Å². The molecule has 0 aliphatic rings. The van der Waals surface area contributed by atoms with Gasteiger partial charge >= 0.3 is 12.6 Å². The van der Waals surface area contributed by atoms with Crippen LogP contribution in [0.4, 0.5) is 8.78 Å². The third kappa shape index (κ3) is 3.69. The molecule has 0 bridgehead atoms. The standard InChI is InChI=1S/C13H10ClF2NO4/c1-2-19-12(18)10-6-11(21-17-10)8-4-3-7(5-9(8)14)20-13(15)16/h3-6,13H,2H2,1H3. The van der Waals surface area contributed by atoms with E-state index < -0.39 is 12.6 Å². The number of nitrogens with zero attached hydrogens (tertiary/aromatic N) is 1. The van der Waals surface area contributed by atoms with Gasteiger partial charge in [0.1, 0.15) is 5.75 Å². The number of aromatic nitrogens is 1. The third-order valence-corrected chi connectivity index (χ3v) is 2.74. The SMILES string of the molecule is CCOC(=O)c1cc(-c2ccc(OC(F)F)cc2Cl)on1. The number of hydrogen-bond acceptors (Lipinski definition) is 5. The lowest BCUT2D eigenvalue weighted by molar-refractivity contribution is -0.0498. The van der Waals surface area contributed by atoms with E-state index in [0.717, 1.165) is 0 Å². The van der Waals surface area contributed by atoms with E-state index in [-0.39, 0.29) is 28.8 Å². The monoisotopic (exact) mass is 317 g/mol. The summed E-state index contributed by atoms with van der Waals surface area (Å²) < 4.78 is 38.2. The van der Waals surface area contributed by atoms with Crippen molar-refractivity contribution in [3.05, 3.63) is 35.0 Å². The van der Waals surface area contributed by atoms with Crippen molar-refractivity contribution in [1.29, 1.82) is 0 Å². The maximum absolute atomic E-state index is 12.1. The van der Waals surface area contributed by atoms with Crippen molar-refractivity contribution >= 4 is 17.6 Å². The minimum absolute atomic E-state index is 0.00387. The van der Waals surface area contributed by atoms with Gasteiger partial charge in [0.2, 0.25) is 0 Å². The van der Waals surface area contributed by atoms with Gasteiger partial charge in [0, 0.05) is 11.6 Å². The Morgan fingerprint density at radius 1 is 1.43 bits per heavy atom. The van der Waals surface area contributed by atoms with Gasteiger partial charge in [-0.2, -0.15) is 8.78 Å². The minimum Gasteiger partial charge on any atom is -0.461 e. The van der Waals surface area contributed by atoms with Crippen molar-refractivity contribution in [3.8, 4) is 17.1 Å². The molecule has 0 saturated heterocycles. The summed E-state index contributed by atoms with van der Waals surface area (Å²) >= 11 is 5.97. The van der Waals surface area contributed by atoms with Gasteiger partial charge in [0.25, 0.3) is 0 Å². The summed E-state index contributed by atoms with van der Waals surface area (Å²) in [4.78, 5) is 11.5. The van der Waals surface area contributed by atoms with Crippen molar-refractivity contribution in [2.75, 3.05) is 6.61 Å². The Balaban J connectivity index is 2.24. The predicted molar refractivity (Wildman–Crippen MR) is 69.5 cm³/mol. The average molecular weight is 318 g/mol. The summed E-state index contributed by atoms with van der Waals surface area (Å²) in [6.45, 7) is -1.06. The molecule has 1 aromatic carbocycles. The van der Waals surface area contributed by atoms with E-state index in [0.29, 0.717) is 5.56 Å². The molecule has 0 N–H and O–H groups in total. The summed E-state index contributed by atoms with van der Waals surface area (Å²) in [5.74, 6) is -0.489. The molecule has 0 amide bonds. The first-order valence-corrected chi connectivity index (χ1v) is 6.27. The smallest absolute Gasteiger partial charge is 0.387 e. The second-order valence-electron chi connectivity index (χ2n) is 3.82. The number of hydrogen-bond donors (Lipinski definition) is 0. The van der Waals surface area contributed by atoms with Gasteiger partial charge in [0.05, 0.1) is 11.6 Å². The Kier molecular flexibility index (Phi) is 4.74. The molecule has 0 atom stereocenters. The van der Waals surface area contributed by atoms with Crippen LogP contribution in [0.3, 0.4) is 0 Å². The van der Waals surface area contributed by atoms with Crippen LogP contribution in [0.2, 0.25) is 5.02 Å². The van der Waals surface area contributed by atoms with E-state index in [1.165, 1.54) is 24.3 Å². The lowest BCUT2D eigenvalue weighted by Crippen LogP contribution is -2.04. The Bertz CT molecular complexity index is 645. The molecule has 0 saturated carbocycles. The molecule has 2 aromatic rings. The summed E-state index contributed by atoms with van der Waals surface area (Å²) in [7, 11) is 0. The molecule has 2 rings (SSSR count). The largest absolute Gasteiger partial charge is 0.461 e. The number of benzene rings is 1. The summed E-state index contributed by atoms with van der Waals surface area (Å²) in [6.07, 6.45) is 0. The fraction of sp³-hybridized carbons (Fsp3) is 0.231. The molecule has 112 valence electrons. The number of carbonyl (C=O) groups excluding carboxylic acids is 1. The number of carbonyl (C=O) groups is 1. The van der Waals surface area contributed by atoms with Crippen molar-refractivity contribution < 1.29 is 27.6 Å². The maximum Gasteiger partial charge on any atom is 0.387 e. The van der Waals surface area contributed by atoms with Crippen LogP contribution in [0.1, 0.15) is 17.4 Å². The summed E-state index contributed by atoms with van der Waals surface area (Å²) in [6, 6.07) is 5.30. The molecule has 0 spiro atoms. The number of esters is 1. The molecule has 1 heterocycles. The number of rotatable bonds is 5. The average Bonchev–Trinajstić information content (AvgIpc) is 2.88. The van der Waals surface area contributed by atoms with E-state index in [4.69, 9.17) is 20.9 Å². The zero-order valence-corrected chi connectivity index (χ0v) is 11.6. The van der Waals surface area contributed by atoms with Crippen LogP contribution in [0.15, 0.2) is 28.8 Å². The number of halogens is 3. The van der Waals surface area contributed by atoms with Crippen LogP contribution < -0.4 is 4.74 Å². The highest BCUT2D eigenvalue weighted by atomic mass is 35.5. The molecule has 0 radical (unpaired) electrons. The topological polar surface area (TPSA) is 61.6 Å². The first-order chi connectivity index (χ1) is 10.0. The van der Waals surface area contributed by atoms with Crippen LogP contribution in [0.5, 0.6) is 5.75 Å². The molecule has 0 aliphatic carbocycles. The first kappa shape index (κ1) is 15.2. The maximum atomic E-state index is 12.1. The second kappa shape index (κ2) is 6.53. The molecule has 0 aliphatic heterocycles. The highest BCUT2D eigenvalue weighted by Crippen LogP contribution is 2.32. The minimum atomic E-state index is -2.94. The van der Waals surface area contributed by atoms with Crippen molar-refractivity contribution in [2.24, 2.45) is 0 Å². The van der Waals surface area contributed by atoms with Crippen LogP contribution in [-0.2, 0) is 4.74 Å². The van der Waals surface area contributed by atoms with Crippen LogP contribution in [-0.4, -0.2) is 24.3 Å². The molecule has 1 aromatic heterocycles. The molecule has 8 heteroatoms. The van der Waals surface area contributed by atoms with Gasteiger partial charge in [0.15, 0.2) is 11.5 Å². The second-order valence-corrected chi connectivity index (χ2v) is 4.22. The molecule has 5 nitrogen and oxygen atoms in total. The zero-order chi connectivity index (χ0) is 15.4. The zero-order valence-electron chi connectivity index (χ0n) is 10.8. The van der Waals surface area contributed by atoms with E-state index in [1.54, 1.807) is 6.92 Å². The van der Waals surface area contributed by atoms with Crippen molar-refractivity contribution in [2.45, 2.75) is 13.5 Å². The van der Waals surface area contributed by atoms with Gasteiger partial charge in [-0.05, 0) is 25.1 Å². The fourth-order valence-electron chi connectivity index (χ4n) is 1.58. The quantitative estimate of drug-likeness (QED) is 0.785. The lowest BCUT2D eigenvalue weighted by atomic mass is 10.1. The van der Waals surface area contributed by atoms with Gasteiger partial charge in [-0.25, -0.2) is 4.79 Å². The van der Waals surface area contributed by atoms with Crippen LogP contribution in [0.25, 0.3) is 11.3 Å². The van der Waals surface area contributed by atoms with Gasteiger partial charge in [-0.3, -0.25) is 0 Å². The Hall–Kier alpha value is -2.15. The predicted octanol–water partition coefficient (Wildman–Crippen LogP) is 3.77. The van der Waals surface area contributed by atoms with Gasteiger partial charge in [-0.15, -0.1) is 0 Å². The van der Waals surface area contributed by atoms with Crippen molar-refractivity contribution in [3.63, 3.8) is 0 Å². The first-order valence-electron chi connectivity index (χ1n) is 5.89. The van der Waals surface area contributed by atoms with Gasteiger partial charge < -0.3 is 14.0 Å². The van der Waals surface area contributed by atoms with Gasteiger partial charge in [-0.1, -0.05) is 16.8 Å². The van der Waals surface area contributed by atoms with E-state index in [1.807, 2.05) is 0 Å². The number of ether oxygens (including phenoxy) is 2. The van der Waals surface area contributed by atoms with E-state index >= 15 is 0 Å². The third-order valence-electron chi connectivity index (χ3n) is 2.43. The lowest BCUT2D eigenvalue weighted by Gasteiger charge is -2.06. The Morgan fingerprint density at radius 2 is 2.19 bits per heavy atom. The summed E-state index contributed by atoms with van der Waals surface area (Å²) in [5.41, 5.74) is 0.386. The molecule has 21 heavy (non-hydrogen) atoms. The Morgan fingerprint density at radius 3 is 2.81 bits per heavy atom. The highest BCUT2D eigenvalue weighted by Gasteiger charge is 2.17. The van der Waals surface area contributed by atoms with Crippen molar-refractivity contribution in [1.82, 2.24) is 5.16 Å². The van der Waals surface area contributed by atoms with Crippen LogP contribution in [0, 0.1) is 0 Å². The molecular weight excluding hydrogens is 308 g/mol. The number of alkyl halides is 2. The van der Waals surface area contributed by atoms with Crippen LogP contribution >= 0.6 is 11.6 Å². The highest BCUT2D eigenvalue weighted by molar-refractivity contribution is 6.33. The van der Waals surface area contributed by atoms with E-state index in [2.05, 4.69) is 9.89 Å². The molecule has 0 unspecified atom stereocenters. The normalized spacial score (nSPS) is 10.7. The summed E-state index contributed by atoms with van der Waals surface area (Å²) in [5, 5.41) is 3.69. The molecule has 0 fully saturated rings. The fourth-order valence-corrected chi connectivity index (χ4v) is 1.84.